The predicted molar refractivity (Wildman–Crippen MR) is 59.8 cm³/mol. The Balaban J connectivity index is 2.84. The molecule has 0 amide bonds. The van der Waals surface area contributed by atoms with Gasteiger partial charge in [0.05, 0.1) is 0 Å². The fraction of sp³-hybridized carbons (Fsp3) is 0.667. The van der Waals surface area contributed by atoms with Gasteiger partial charge in [0.25, 0.3) is 0 Å². The molecule has 14 heavy (non-hydrogen) atoms. The lowest BCUT2D eigenvalue weighted by Gasteiger charge is -2.32. The smallest absolute Gasteiger partial charge is 0.163 e. The maximum Gasteiger partial charge on any atom is 0.163 e. The Kier molecular flexibility index (Phi) is 3.25. The molecule has 1 aliphatic rings. The van der Waals surface area contributed by atoms with Crippen LogP contribution in [0.3, 0.4) is 0 Å². The molecular formula is C12H19NO. The third-order valence-corrected chi connectivity index (χ3v) is 2.69. The Labute approximate surface area is 86.1 Å². The van der Waals surface area contributed by atoms with Crippen molar-refractivity contribution >= 4 is 11.5 Å². The van der Waals surface area contributed by atoms with E-state index in [1.807, 2.05) is 0 Å². The molecule has 0 spiro atoms. The molecule has 0 saturated heterocycles. The topological polar surface area (TPSA) is 29.4 Å². The highest BCUT2D eigenvalue weighted by atomic mass is 16.1. The maximum absolute atomic E-state index is 11.5. The van der Waals surface area contributed by atoms with E-state index in [0.717, 1.165) is 30.7 Å². The molecule has 0 radical (unpaired) electrons. The lowest BCUT2D eigenvalue weighted by molar-refractivity contribution is -0.115. The van der Waals surface area contributed by atoms with Crippen molar-refractivity contribution in [3.8, 4) is 0 Å². The minimum absolute atomic E-state index is 0.0279. The summed E-state index contributed by atoms with van der Waals surface area (Å²) >= 11 is 0. The van der Waals surface area contributed by atoms with Crippen LogP contribution in [0.4, 0.5) is 0 Å². The molecule has 0 aliphatic heterocycles. The quantitative estimate of drug-likeness (QED) is 0.620. The molecular weight excluding hydrogens is 174 g/mol. The van der Waals surface area contributed by atoms with Crippen LogP contribution < -0.4 is 0 Å². The third kappa shape index (κ3) is 2.31. The molecule has 1 fully saturated rings. The van der Waals surface area contributed by atoms with Crippen LogP contribution in [0.1, 0.15) is 40.0 Å². The molecule has 0 atom stereocenters. The monoisotopic (exact) mass is 193 g/mol. The molecule has 2 heteroatoms. The number of aliphatic imine (C=N–C) groups is 1. The van der Waals surface area contributed by atoms with Gasteiger partial charge in [0.2, 0.25) is 0 Å². The fourth-order valence-electron chi connectivity index (χ4n) is 1.77. The number of rotatable bonds is 2. The van der Waals surface area contributed by atoms with Crippen molar-refractivity contribution in [2.24, 2.45) is 10.4 Å². The highest BCUT2D eigenvalue weighted by Gasteiger charge is 2.33. The summed E-state index contributed by atoms with van der Waals surface area (Å²) in [5.41, 5.74) is 1.84. The number of hydrogen-bond donors (Lipinski definition) is 0. The predicted octanol–water partition coefficient (Wildman–Crippen LogP) is 2.78. The molecule has 0 aromatic rings. The summed E-state index contributed by atoms with van der Waals surface area (Å²) in [5.74, 6) is 0.166. The summed E-state index contributed by atoms with van der Waals surface area (Å²) in [6, 6.07) is 0. The minimum atomic E-state index is 0.0279. The second-order valence-corrected chi connectivity index (χ2v) is 4.59. The largest absolute Gasteiger partial charge is 0.294 e. The molecule has 0 unspecified atom stereocenters. The zero-order valence-electron chi connectivity index (χ0n) is 9.39. The van der Waals surface area contributed by atoms with Gasteiger partial charge in [0.1, 0.15) is 0 Å². The van der Waals surface area contributed by atoms with Gasteiger partial charge in [-0.2, -0.15) is 0 Å². The summed E-state index contributed by atoms with van der Waals surface area (Å²) in [4.78, 5) is 16.0. The zero-order chi connectivity index (χ0) is 10.8. The van der Waals surface area contributed by atoms with Crippen molar-refractivity contribution in [1.82, 2.24) is 0 Å². The normalized spacial score (nSPS) is 24.4. The standard InChI is InChI=1S/C12H19NO/c1-5-6-13-11-7-10(14)9(2)8-12(11,3)4/h2,5-8H2,1,3-4H3. The summed E-state index contributed by atoms with van der Waals surface area (Å²) in [7, 11) is 0. The number of carbonyl (C=O) groups excluding carboxylic acids is 1. The van der Waals surface area contributed by atoms with Crippen LogP contribution in [0, 0.1) is 5.41 Å². The highest BCUT2D eigenvalue weighted by molar-refractivity contribution is 6.13. The number of nitrogens with zero attached hydrogens (tertiary/aromatic N) is 1. The second-order valence-electron chi connectivity index (χ2n) is 4.59. The molecule has 78 valence electrons. The lowest BCUT2D eigenvalue weighted by Crippen LogP contribution is -2.34. The van der Waals surface area contributed by atoms with Gasteiger partial charge in [-0.15, -0.1) is 0 Å². The van der Waals surface area contributed by atoms with Gasteiger partial charge in [-0.1, -0.05) is 27.4 Å². The van der Waals surface area contributed by atoms with Gasteiger partial charge in [0, 0.05) is 24.1 Å². The minimum Gasteiger partial charge on any atom is -0.294 e. The number of allylic oxidation sites excluding steroid dienone is 1. The molecule has 0 aromatic carbocycles. The Morgan fingerprint density at radius 1 is 1.50 bits per heavy atom. The van der Waals surface area contributed by atoms with Crippen LogP contribution >= 0.6 is 0 Å². The van der Waals surface area contributed by atoms with E-state index in [4.69, 9.17) is 0 Å². The van der Waals surface area contributed by atoms with Crippen LogP contribution in [-0.2, 0) is 4.79 Å². The van der Waals surface area contributed by atoms with Crippen molar-refractivity contribution in [3.05, 3.63) is 12.2 Å². The first-order chi connectivity index (χ1) is 6.47. The number of carbonyl (C=O) groups is 1. The molecule has 2 nitrogen and oxygen atoms in total. The SMILES string of the molecule is C=C1CC(C)(C)C(=NCCC)CC1=O. The average molecular weight is 193 g/mol. The lowest BCUT2D eigenvalue weighted by atomic mass is 9.73. The molecule has 0 N–H and O–H groups in total. The fourth-order valence-corrected chi connectivity index (χ4v) is 1.77. The van der Waals surface area contributed by atoms with Crippen LogP contribution in [0.15, 0.2) is 17.1 Å². The van der Waals surface area contributed by atoms with E-state index >= 15 is 0 Å². The third-order valence-electron chi connectivity index (χ3n) is 2.69. The van der Waals surface area contributed by atoms with E-state index in [0.29, 0.717) is 6.42 Å². The van der Waals surface area contributed by atoms with E-state index in [2.05, 4.69) is 32.3 Å². The van der Waals surface area contributed by atoms with Gasteiger partial charge in [-0.25, -0.2) is 0 Å². The van der Waals surface area contributed by atoms with E-state index in [1.165, 1.54) is 0 Å². The maximum atomic E-state index is 11.5. The highest BCUT2D eigenvalue weighted by Crippen LogP contribution is 2.33. The second kappa shape index (κ2) is 4.07. The Morgan fingerprint density at radius 2 is 2.14 bits per heavy atom. The van der Waals surface area contributed by atoms with Gasteiger partial charge in [0.15, 0.2) is 5.78 Å². The molecule has 0 bridgehead atoms. The summed E-state index contributed by atoms with van der Waals surface area (Å²) < 4.78 is 0. The molecule has 1 saturated carbocycles. The van der Waals surface area contributed by atoms with Crippen LogP contribution in [0.5, 0.6) is 0 Å². The summed E-state index contributed by atoms with van der Waals surface area (Å²) in [6.07, 6.45) is 2.27. The van der Waals surface area contributed by atoms with Gasteiger partial charge in [-0.05, 0) is 18.4 Å². The summed E-state index contributed by atoms with van der Waals surface area (Å²) in [5, 5.41) is 0. The number of Topliss-reactive ketones (excluding diaryl/α,β-unsaturated/α-hetero) is 1. The summed E-state index contributed by atoms with van der Waals surface area (Å²) in [6.45, 7) is 11.0. The Bertz CT molecular complexity index is 287. The first-order valence-corrected chi connectivity index (χ1v) is 5.22. The van der Waals surface area contributed by atoms with Gasteiger partial charge < -0.3 is 0 Å². The van der Waals surface area contributed by atoms with Crippen LogP contribution in [0.25, 0.3) is 0 Å². The number of hydrogen-bond acceptors (Lipinski definition) is 2. The first-order valence-electron chi connectivity index (χ1n) is 5.22. The van der Waals surface area contributed by atoms with Crippen molar-refractivity contribution in [1.29, 1.82) is 0 Å². The van der Waals surface area contributed by atoms with Crippen molar-refractivity contribution < 1.29 is 4.79 Å². The number of ketones is 1. The Morgan fingerprint density at radius 3 is 2.71 bits per heavy atom. The Hall–Kier alpha value is -0.920. The van der Waals surface area contributed by atoms with Crippen molar-refractivity contribution in [2.45, 2.75) is 40.0 Å². The molecule has 1 aliphatic carbocycles. The van der Waals surface area contributed by atoms with E-state index in [-0.39, 0.29) is 11.2 Å². The molecule has 0 aromatic heterocycles. The average Bonchev–Trinajstić information content (AvgIpc) is 2.08. The first kappa shape index (κ1) is 11.2. The zero-order valence-corrected chi connectivity index (χ0v) is 9.39. The van der Waals surface area contributed by atoms with E-state index < -0.39 is 0 Å². The van der Waals surface area contributed by atoms with E-state index in [9.17, 15) is 4.79 Å². The van der Waals surface area contributed by atoms with Crippen LogP contribution in [-0.4, -0.2) is 18.0 Å². The van der Waals surface area contributed by atoms with Gasteiger partial charge in [-0.3, -0.25) is 9.79 Å². The van der Waals surface area contributed by atoms with Gasteiger partial charge >= 0.3 is 0 Å². The van der Waals surface area contributed by atoms with E-state index in [1.54, 1.807) is 0 Å². The molecule has 1 rings (SSSR count). The molecule has 0 heterocycles. The van der Waals surface area contributed by atoms with Crippen molar-refractivity contribution in [2.75, 3.05) is 6.54 Å². The van der Waals surface area contributed by atoms with Crippen LogP contribution in [0.2, 0.25) is 0 Å². The van der Waals surface area contributed by atoms with Crippen molar-refractivity contribution in [3.63, 3.8) is 0 Å².